The van der Waals surface area contributed by atoms with Gasteiger partial charge in [-0.05, 0) is 38.5 Å². The minimum Gasteiger partial charge on any atom is -0.481 e. The molecule has 0 aromatic carbocycles. The van der Waals surface area contributed by atoms with Crippen molar-refractivity contribution < 1.29 is 19.5 Å². The molecule has 1 saturated heterocycles. The number of thiazole rings is 1. The average molecular weight is 505 g/mol. The number of likely N-dealkylation sites (tertiary alicyclic amines) is 1. The molecule has 35 heavy (non-hydrogen) atoms. The standard InChI is InChI=1S/C26H40N4O4S/c1-17-15-27-24(35-17)23(31)29-21-12-13-30(16-20(21)26(33)34)25(32)22(14-18-8-4-2-5-9-18)28-19-10-6-3-7-11-19/h15,18-22,28H,2-14,16H2,1H3,(H,29,31)(H,33,34)/t20-,21+,22-/m1/s1. The quantitative estimate of drug-likeness (QED) is 0.497. The predicted octanol–water partition coefficient (Wildman–Crippen LogP) is 3.74. The summed E-state index contributed by atoms with van der Waals surface area (Å²) < 4.78 is 0. The number of aryl methyl sites for hydroxylation is 1. The number of aliphatic carboxylic acids is 1. The molecule has 3 atom stereocenters. The van der Waals surface area contributed by atoms with Crippen LogP contribution < -0.4 is 10.6 Å². The molecule has 3 N–H and O–H groups in total. The zero-order valence-electron chi connectivity index (χ0n) is 20.8. The van der Waals surface area contributed by atoms with Crippen LogP contribution in [0.1, 0.15) is 91.7 Å². The van der Waals surface area contributed by atoms with Gasteiger partial charge in [0.25, 0.3) is 5.91 Å². The van der Waals surface area contributed by atoms with E-state index in [9.17, 15) is 19.5 Å². The van der Waals surface area contributed by atoms with Crippen molar-refractivity contribution in [2.45, 2.75) is 102 Å². The van der Waals surface area contributed by atoms with E-state index >= 15 is 0 Å². The highest BCUT2D eigenvalue weighted by molar-refractivity contribution is 7.13. The molecule has 8 nitrogen and oxygen atoms in total. The number of carbonyl (C=O) groups is 3. The fourth-order valence-corrected chi connectivity index (χ4v) is 6.70. The summed E-state index contributed by atoms with van der Waals surface area (Å²) in [5.74, 6) is -1.56. The molecule has 1 aromatic rings. The molecule has 1 aliphatic heterocycles. The van der Waals surface area contributed by atoms with Crippen molar-refractivity contribution in [2.75, 3.05) is 13.1 Å². The van der Waals surface area contributed by atoms with Gasteiger partial charge < -0.3 is 20.6 Å². The number of carboxylic acid groups (broad SMARTS) is 1. The Bertz CT molecular complexity index is 858. The molecule has 2 saturated carbocycles. The second-order valence-corrected chi connectivity index (χ2v) is 11.9. The van der Waals surface area contributed by atoms with E-state index in [0.29, 0.717) is 29.9 Å². The minimum absolute atomic E-state index is 0.0349. The highest BCUT2D eigenvalue weighted by atomic mass is 32.1. The van der Waals surface area contributed by atoms with Gasteiger partial charge in [-0.3, -0.25) is 14.4 Å². The topological polar surface area (TPSA) is 112 Å². The third-order valence-corrected chi connectivity index (χ3v) is 8.92. The molecule has 2 heterocycles. The van der Waals surface area contributed by atoms with Crippen LogP contribution in [0.5, 0.6) is 0 Å². The number of nitrogens with zero attached hydrogens (tertiary/aromatic N) is 2. The Hall–Kier alpha value is -2.00. The maximum Gasteiger partial charge on any atom is 0.310 e. The van der Waals surface area contributed by atoms with E-state index in [4.69, 9.17) is 0 Å². The van der Waals surface area contributed by atoms with E-state index in [1.54, 1.807) is 11.1 Å². The van der Waals surface area contributed by atoms with Gasteiger partial charge in [0.1, 0.15) is 0 Å². The highest BCUT2D eigenvalue weighted by Crippen LogP contribution is 2.29. The second-order valence-electron chi connectivity index (χ2n) is 10.7. The molecule has 0 bridgehead atoms. The number of piperidine rings is 1. The van der Waals surface area contributed by atoms with Crippen molar-refractivity contribution in [3.8, 4) is 0 Å². The molecule has 2 amide bonds. The summed E-state index contributed by atoms with van der Waals surface area (Å²) in [6.45, 7) is 2.46. The van der Waals surface area contributed by atoms with Crippen LogP contribution in [0.2, 0.25) is 0 Å². The molecule has 4 rings (SSSR count). The number of nitrogens with one attached hydrogen (secondary N) is 2. The van der Waals surface area contributed by atoms with Gasteiger partial charge in [0.15, 0.2) is 5.01 Å². The first-order valence-corrected chi connectivity index (χ1v) is 14.2. The molecule has 9 heteroatoms. The lowest BCUT2D eigenvalue weighted by Gasteiger charge is -2.40. The number of amides is 2. The van der Waals surface area contributed by atoms with E-state index in [1.807, 2.05) is 6.92 Å². The lowest BCUT2D eigenvalue weighted by Crippen LogP contribution is -2.58. The Kier molecular flexibility index (Phi) is 9.16. The SMILES string of the molecule is Cc1cnc(C(=O)N[C@H]2CCN(C(=O)[C@@H](CC3CCCCC3)NC3CCCCC3)C[C@H]2C(=O)O)s1. The fraction of sp³-hybridized carbons (Fsp3) is 0.769. The van der Waals surface area contributed by atoms with Crippen LogP contribution in [0, 0.1) is 18.8 Å². The highest BCUT2D eigenvalue weighted by Gasteiger charge is 2.39. The van der Waals surface area contributed by atoms with Crippen LogP contribution in [0.15, 0.2) is 6.20 Å². The van der Waals surface area contributed by atoms with Crippen molar-refractivity contribution in [3.63, 3.8) is 0 Å². The summed E-state index contributed by atoms with van der Waals surface area (Å²) in [7, 11) is 0. The van der Waals surface area contributed by atoms with Crippen molar-refractivity contribution in [2.24, 2.45) is 11.8 Å². The van der Waals surface area contributed by atoms with E-state index < -0.39 is 17.9 Å². The molecule has 194 valence electrons. The Morgan fingerprint density at radius 3 is 2.40 bits per heavy atom. The summed E-state index contributed by atoms with van der Waals surface area (Å²) >= 11 is 1.29. The maximum atomic E-state index is 13.7. The second kappa shape index (κ2) is 12.3. The Balaban J connectivity index is 1.41. The summed E-state index contributed by atoms with van der Waals surface area (Å²) in [6, 6.07) is -0.397. The Labute approximate surface area is 212 Å². The molecule has 0 spiro atoms. The predicted molar refractivity (Wildman–Crippen MR) is 135 cm³/mol. The van der Waals surface area contributed by atoms with E-state index in [0.717, 1.165) is 24.1 Å². The molecular formula is C26H40N4O4S. The number of hydrogen-bond acceptors (Lipinski definition) is 6. The molecule has 0 unspecified atom stereocenters. The van der Waals surface area contributed by atoms with Crippen molar-refractivity contribution >= 4 is 29.1 Å². The molecular weight excluding hydrogens is 464 g/mol. The molecule has 3 aliphatic rings. The summed E-state index contributed by atoms with van der Waals surface area (Å²) in [4.78, 5) is 45.3. The van der Waals surface area contributed by atoms with Crippen LogP contribution in [-0.2, 0) is 9.59 Å². The minimum atomic E-state index is -0.979. The van der Waals surface area contributed by atoms with Gasteiger partial charge in [-0.1, -0.05) is 51.4 Å². The lowest BCUT2D eigenvalue weighted by molar-refractivity contribution is -0.147. The van der Waals surface area contributed by atoms with E-state index in [1.165, 1.54) is 62.7 Å². The number of rotatable bonds is 8. The van der Waals surface area contributed by atoms with Crippen LogP contribution in [-0.4, -0.2) is 64.0 Å². The number of carbonyl (C=O) groups excluding carboxylic acids is 2. The first kappa shape index (κ1) is 26.1. The van der Waals surface area contributed by atoms with Gasteiger partial charge in [0.2, 0.25) is 5.91 Å². The van der Waals surface area contributed by atoms with Crippen LogP contribution in [0.4, 0.5) is 0 Å². The van der Waals surface area contributed by atoms with Gasteiger partial charge in [-0.25, -0.2) is 4.98 Å². The summed E-state index contributed by atoms with van der Waals surface area (Å²) in [6.07, 6.45) is 14.9. The van der Waals surface area contributed by atoms with Gasteiger partial charge in [0, 0.05) is 36.2 Å². The van der Waals surface area contributed by atoms with Gasteiger partial charge in [0.05, 0.1) is 12.0 Å². The van der Waals surface area contributed by atoms with Crippen molar-refractivity contribution in [1.82, 2.24) is 20.5 Å². The van der Waals surface area contributed by atoms with Crippen LogP contribution in [0.25, 0.3) is 0 Å². The van der Waals surface area contributed by atoms with Gasteiger partial charge in [-0.2, -0.15) is 0 Å². The monoisotopic (exact) mass is 504 g/mol. The smallest absolute Gasteiger partial charge is 0.310 e. The van der Waals surface area contributed by atoms with E-state index in [2.05, 4.69) is 15.6 Å². The molecule has 3 fully saturated rings. The third kappa shape index (κ3) is 7.03. The van der Waals surface area contributed by atoms with Crippen molar-refractivity contribution in [1.29, 1.82) is 0 Å². The molecule has 1 aromatic heterocycles. The summed E-state index contributed by atoms with van der Waals surface area (Å²) in [5, 5.41) is 16.9. The third-order valence-electron chi connectivity index (χ3n) is 8.01. The average Bonchev–Trinajstić information content (AvgIpc) is 3.31. The molecule has 2 aliphatic carbocycles. The number of aromatic nitrogens is 1. The normalized spacial score (nSPS) is 25.2. The van der Waals surface area contributed by atoms with E-state index in [-0.39, 0.29) is 24.4 Å². The Morgan fingerprint density at radius 2 is 1.77 bits per heavy atom. The zero-order valence-corrected chi connectivity index (χ0v) is 21.7. The first-order chi connectivity index (χ1) is 16.9. The largest absolute Gasteiger partial charge is 0.481 e. The Morgan fingerprint density at radius 1 is 1.09 bits per heavy atom. The van der Waals surface area contributed by atoms with Crippen LogP contribution in [0.3, 0.4) is 0 Å². The number of carboxylic acids is 1. The van der Waals surface area contributed by atoms with Gasteiger partial charge in [-0.15, -0.1) is 11.3 Å². The lowest BCUT2D eigenvalue weighted by atomic mass is 9.83. The van der Waals surface area contributed by atoms with Gasteiger partial charge >= 0.3 is 5.97 Å². The fourth-order valence-electron chi connectivity index (χ4n) is 6.04. The maximum absolute atomic E-state index is 13.7. The summed E-state index contributed by atoms with van der Waals surface area (Å²) in [5.41, 5.74) is 0. The molecule has 0 radical (unpaired) electrons. The first-order valence-electron chi connectivity index (χ1n) is 13.4. The number of hydrogen-bond donors (Lipinski definition) is 3. The van der Waals surface area contributed by atoms with Crippen LogP contribution >= 0.6 is 11.3 Å². The zero-order chi connectivity index (χ0) is 24.8. The van der Waals surface area contributed by atoms with Crippen molar-refractivity contribution in [3.05, 3.63) is 16.1 Å².